The van der Waals surface area contributed by atoms with Gasteiger partial charge in [-0.15, -0.1) is 0 Å². The summed E-state index contributed by atoms with van der Waals surface area (Å²) in [6.07, 6.45) is 10.9. The molecule has 0 spiro atoms. The van der Waals surface area contributed by atoms with Crippen LogP contribution in [0, 0.1) is 0 Å². The Kier molecular flexibility index (Phi) is 2.97. The Morgan fingerprint density at radius 2 is 2.08 bits per heavy atom. The van der Waals surface area contributed by atoms with Crippen LogP contribution in [0.5, 0.6) is 0 Å². The van der Waals surface area contributed by atoms with Crippen molar-refractivity contribution in [1.82, 2.24) is 24.9 Å². The lowest BCUT2D eigenvalue weighted by Gasteiger charge is -2.22. The van der Waals surface area contributed by atoms with Crippen LogP contribution in [0.1, 0.15) is 36.6 Å². The molecule has 3 aromatic heterocycles. The fourth-order valence-electron chi connectivity index (χ4n) is 3.02. The van der Waals surface area contributed by atoms with Crippen molar-refractivity contribution < 1.29 is 0 Å². The lowest BCUT2D eigenvalue weighted by atomic mass is 9.97. The summed E-state index contributed by atoms with van der Waals surface area (Å²) in [7, 11) is 0. The van der Waals surface area contributed by atoms with Gasteiger partial charge in [-0.25, -0.2) is 4.98 Å². The summed E-state index contributed by atoms with van der Waals surface area (Å²) < 4.78 is 0. The highest BCUT2D eigenvalue weighted by Gasteiger charge is 2.24. The number of hydrogen-bond acceptors (Lipinski definition) is 6. The molecular weight excluding hydrogens is 302 g/mol. The van der Waals surface area contributed by atoms with Crippen molar-refractivity contribution in [2.75, 3.05) is 10.6 Å². The third kappa shape index (κ3) is 2.38. The fraction of sp³-hybridized carbons (Fsp3) is 0.294. The van der Waals surface area contributed by atoms with Gasteiger partial charge in [0.25, 0.3) is 0 Å². The van der Waals surface area contributed by atoms with Crippen LogP contribution in [0.2, 0.25) is 0 Å². The van der Waals surface area contributed by atoms with Crippen molar-refractivity contribution >= 4 is 29.0 Å². The number of hydrogen-bond donors (Lipinski definition) is 3. The van der Waals surface area contributed by atoms with E-state index >= 15 is 0 Å². The summed E-state index contributed by atoms with van der Waals surface area (Å²) in [4.78, 5) is 21.0. The van der Waals surface area contributed by atoms with Crippen LogP contribution in [-0.4, -0.2) is 31.0 Å². The highest BCUT2D eigenvalue weighted by atomic mass is 15.2. The van der Waals surface area contributed by atoms with Crippen LogP contribution < -0.4 is 10.6 Å². The van der Waals surface area contributed by atoms with Crippen molar-refractivity contribution in [3.63, 3.8) is 0 Å². The van der Waals surface area contributed by atoms with Crippen LogP contribution in [-0.2, 0) is 0 Å². The molecule has 3 aromatic rings. The predicted octanol–water partition coefficient (Wildman–Crippen LogP) is 2.89. The number of pyridine rings is 1. The second kappa shape index (κ2) is 5.30. The molecule has 1 atom stereocenters. The Morgan fingerprint density at radius 3 is 3.00 bits per heavy atom. The molecule has 1 fully saturated rings. The smallest absolute Gasteiger partial charge is 0.227 e. The summed E-state index contributed by atoms with van der Waals surface area (Å²) in [5.74, 6) is 1.41. The standard InChI is InChI=1S/C17H17N7/c1-4-12-11(3-2-8-18-12)13(5-1)22-17-23-15-14(19-9-20-15)16(24-17)21-10-6-7-10/h1-4,8-10,13H,5-7H2,(H3,19,20,21,22,23,24). The first kappa shape index (κ1) is 13.5. The van der Waals surface area contributed by atoms with Crippen molar-refractivity contribution in [2.45, 2.75) is 31.3 Å². The molecular formula is C17H17N7. The quantitative estimate of drug-likeness (QED) is 0.685. The van der Waals surface area contributed by atoms with Crippen LogP contribution in [0.15, 0.2) is 30.7 Å². The summed E-state index contributed by atoms with van der Waals surface area (Å²) in [6.45, 7) is 0. The van der Waals surface area contributed by atoms with Gasteiger partial charge in [-0.3, -0.25) is 4.98 Å². The molecule has 5 rings (SSSR count). The lowest BCUT2D eigenvalue weighted by molar-refractivity contribution is 0.768. The lowest BCUT2D eigenvalue weighted by Crippen LogP contribution is -2.17. The third-order valence-electron chi connectivity index (χ3n) is 4.40. The van der Waals surface area contributed by atoms with Gasteiger partial charge in [0.15, 0.2) is 11.5 Å². The second-order valence-electron chi connectivity index (χ2n) is 6.23. The molecule has 2 aliphatic carbocycles. The van der Waals surface area contributed by atoms with Crippen LogP contribution >= 0.6 is 0 Å². The highest BCUT2D eigenvalue weighted by Crippen LogP contribution is 2.31. The largest absolute Gasteiger partial charge is 0.365 e. The Bertz CT molecular complexity index is 926. The molecule has 1 saturated carbocycles. The number of H-pyrrole nitrogens is 1. The molecule has 120 valence electrons. The first-order chi connectivity index (χ1) is 11.9. The van der Waals surface area contributed by atoms with Gasteiger partial charge in [0.2, 0.25) is 5.95 Å². The number of anilines is 2. The van der Waals surface area contributed by atoms with Crippen LogP contribution in [0.25, 0.3) is 17.2 Å². The van der Waals surface area contributed by atoms with E-state index in [0.29, 0.717) is 17.6 Å². The summed E-state index contributed by atoms with van der Waals surface area (Å²) >= 11 is 0. The SMILES string of the molecule is C1=Cc2ncccc2C(Nc2nc(NC3CC3)c3[nH]cnc3n2)C1. The number of aromatic amines is 1. The maximum atomic E-state index is 4.67. The summed E-state index contributed by atoms with van der Waals surface area (Å²) in [6, 6.07) is 4.69. The van der Waals surface area contributed by atoms with Gasteiger partial charge < -0.3 is 15.6 Å². The van der Waals surface area contributed by atoms with Gasteiger partial charge in [-0.1, -0.05) is 12.1 Å². The number of imidazole rings is 1. The molecule has 2 aliphatic rings. The number of nitrogens with one attached hydrogen (secondary N) is 3. The minimum absolute atomic E-state index is 0.115. The molecule has 24 heavy (non-hydrogen) atoms. The molecule has 3 heterocycles. The Morgan fingerprint density at radius 1 is 1.12 bits per heavy atom. The Labute approximate surface area is 138 Å². The molecule has 0 radical (unpaired) electrons. The molecule has 0 saturated heterocycles. The van der Waals surface area contributed by atoms with Gasteiger partial charge in [-0.05, 0) is 31.4 Å². The third-order valence-corrected chi connectivity index (χ3v) is 4.40. The van der Waals surface area contributed by atoms with Gasteiger partial charge in [-0.2, -0.15) is 9.97 Å². The second-order valence-corrected chi connectivity index (χ2v) is 6.23. The van der Waals surface area contributed by atoms with E-state index in [1.807, 2.05) is 12.3 Å². The van der Waals surface area contributed by atoms with Gasteiger partial charge >= 0.3 is 0 Å². The first-order valence-corrected chi connectivity index (χ1v) is 8.22. The normalized spacial score (nSPS) is 19.2. The van der Waals surface area contributed by atoms with Crippen molar-refractivity contribution in [3.8, 4) is 0 Å². The number of aromatic nitrogens is 5. The van der Waals surface area contributed by atoms with E-state index in [1.165, 1.54) is 18.4 Å². The van der Waals surface area contributed by atoms with Crippen molar-refractivity contribution in [2.24, 2.45) is 0 Å². The monoisotopic (exact) mass is 319 g/mol. The Hall–Kier alpha value is -2.96. The zero-order valence-corrected chi connectivity index (χ0v) is 13.0. The van der Waals surface area contributed by atoms with E-state index in [4.69, 9.17) is 0 Å². The molecule has 3 N–H and O–H groups in total. The predicted molar refractivity (Wildman–Crippen MR) is 92.6 cm³/mol. The minimum Gasteiger partial charge on any atom is -0.365 e. The maximum absolute atomic E-state index is 4.67. The van der Waals surface area contributed by atoms with Crippen LogP contribution in [0.4, 0.5) is 11.8 Å². The zero-order chi connectivity index (χ0) is 15.9. The van der Waals surface area contributed by atoms with Crippen molar-refractivity contribution in [3.05, 3.63) is 42.0 Å². The van der Waals surface area contributed by atoms with E-state index < -0.39 is 0 Å². The average molecular weight is 319 g/mol. The number of nitrogens with zero attached hydrogens (tertiary/aromatic N) is 4. The van der Waals surface area contributed by atoms with E-state index in [1.54, 1.807) is 6.33 Å². The fourth-order valence-corrected chi connectivity index (χ4v) is 3.02. The molecule has 1 unspecified atom stereocenters. The highest BCUT2D eigenvalue weighted by molar-refractivity contribution is 5.84. The topological polar surface area (TPSA) is 91.4 Å². The minimum atomic E-state index is 0.115. The molecule has 0 aromatic carbocycles. The zero-order valence-electron chi connectivity index (χ0n) is 13.0. The summed E-state index contributed by atoms with van der Waals surface area (Å²) in [5.41, 5.74) is 3.70. The molecule has 0 aliphatic heterocycles. The number of rotatable bonds is 4. The van der Waals surface area contributed by atoms with Crippen molar-refractivity contribution in [1.29, 1.82) is 0 Å². The molecule has 0 bridgehead atoms. The van der Waals surface area contributed by atoms with Gasteiger partial charge in [0, 0.05) is 17.8 Å². The molecule has 7 nitrogen and oxygen atoms in total. The summed E-state index contributed by atoms with van der Waals surface area (Å²) in [5, 5.41) is 6.90. The Balaban J connectivity index is 1.49. The van der Waals surface area contributed by atoms with Gasteiger partial charge in [0.1, 0.15) is 5.52 Å². The maximum Gasteiger partial charge on any atom is 0.227 e. The molecule has 0 amide bonds. The number of fused-ring (bicyclic) bond motifs is 2. The average Bonchev–Trinajstić information content (AvgIpc) is 3.29. The van der Waals surface area contributed by atoms with Crippen LogP contribution in [0.3, 0.4) is 0 Å². The molecule has 7 heteroatoms. The van der Waals surface area contributed by atoms with E-state index in [2.05, 4.69) is 53.8 Å². The van der Waals surface area contributed by atoms with E-state index in [0.717, 1.165) is 23.4 Å². The van der Waals surface area contributed by atoms with E-state index in [-0.39, 0.29) is 6.04 Å². The van der Waals surface area contributed by atoms with Gasteiger partial charge in [0.05, 0.1) is 18.1 Å². The van der Waals surface area contributed by atoms with E-state index in [9.17, 15) is 0 Å². The first-order valence-electron chi connectivity index (χ1n) is 8.22.